The van der Waals surface area contributed by atoms with E-state index in [2.05, 4.69) is 123 Å². The van der Waals surface area contributed by atoms with Crippen molar-refractivity contribution in [3.8, 4) is 44.5 Å². The van der Waals surface area contributed by atoms with Gasteiger partial charge in [0.25, 0.3) is 0 Å². The van der Waals surface area contributed by atoms with Crippen molar-refractivity contribution in [2.24, 2.45) is 0 Å². The molecule has 0 saturated carbocycles. The van der Waals surface area contributed by atoms with Crippen LogP contribution in [0.1, 0.15) is 18.0 Å². The Morgan fingerprint density at radius 1 is 0.354 bits per heavy atom. The number of hydrogen-bond acceptors (Lipinski definition) is 0. The van der Waals surface area contributed by atoms with Crippen LogP contribution in [0.15, 0.2) is 170 Å². The summed E-state index contributed by atoms with van der Waals surface area (Å²) in [6.45, 7) is 4.41. The highest BCUT2D eigenvalue weighted by molar-refractivity contribution is 6.24. The number of fused-ring (bicyclic) bond motifs is 4. The summed E-state index contributed by atoms with van der Waals surface area (Å²) in [5.41, 5.74) is 9.99. The Morgan fingerprint density at radius 3 is 1.48 bits per heavy atom. The van der Waals surface area contributed by atoms with Gasteiger partial charge in [-0.25, -0.2) is 0 Å². The van der Waals surface area contributed by atoms with Crippen LogP contribution in [0.2, 0.25) is 0 Å². The monoisotopic (exact) mass is 615 g/mol. The fraction of sp³-hybridized carbons (Fsp3) is 0.0417. The van der Waals surface area contributed by atoms with Crippen LogP contribution in [0.5, 0.6) is 0 Å². The third kappa shape index (κ3) is 4.53. The van der Waals surface area contributed by atoms with Gasteiger partial charge in [-0.1, -0.05) is 158 Å². The molecule has 0 heteroatoms. The zero-order valence-corrected chi connectivity index (χ0v) is 26.8. The number of benzene rings is 9. The van der Waals surface area contributed by atoms with Crippen molar-refractivity contribution in [1.82, 2.24) is 0 Å². The van der Waals surface area contributed by atoms with Crippen molar-refractivity contribution >= 4 is 43.1 Å². The van der Waals surface area contributed by atoms with Crippen LogP contribution in [-0.2, 0) is 0 Å². The molecule has 0 nitrogen and oxygen atoms in total. The summed E-state index contributed by atoms with van der Waals surface area (Å²) >= 11 is 0. The van der Waals surface area contributed by atoms with Crippen molar-refractivity contribution in [3.05, 3.63) is 181 Å². The molecule has 0 aliphatic heterocycles. The van der Waals surface area contributed by atoms with Crippen LogP contribution >= 0.6 is 0 Å². The second-order valence-electron chi connectivity index (χ2n) is 12.6. The van der Waals surface area contributed by atoms with E-state index < -0.39 is 6.04 Å². The van der Waals surface area contributed by atoms with Gasteiger partial charge in [-0.3, -0.25) is 0 Å². The maximum atomic E-state index is 8.82. The molecule has 0 N–H and O–H groups in total. The van der Waals surface area contributed by atoms with E-state index in [9.17, 15) is 0 Å². The summed E-state index contributed by atoms with van der Waals surface area (Å²) in [4.78, 5) is 0. The van der Waals surface area contributed by atoms with Gasteiger partial charge in [0.05, 0.1) is 6.85 Å². The van der Waals surface area contributed by atoms with Gasteiger partial charge in [-0.15, -0.1) is 0 Å². The third-order valence-electron chi connectivity index (χ3n) is 9.77. The average Bonchev–Trinajstić information content (AvgIpc) is 3.19. The van der Waals surface area contributed by atoms with E-state index in [1.807, 2.05) is 30.3 Å². The summed E-state index contributed by atoms with van der Waals surface area (Å²) < 4.78 is 42.6. The van der Waals surface area contributed by atoms with Crippen LogP contribution in [0.3, 0.4) is 0 Å². The summed E-state index contributed by atoms with van der Waals surface area (Å²) in [6.07, 6.45) is 0. The summed E-state index contributed by atoms with van der Waals surface area (Å²) in [5.74, 6) is 0. The first-order chi connectivity index (χ1) is 25.7. The van der Waals surface area contributed by atoms with Crippen molar-refractivity contribution < 1.29 is 6.85 Å². The average molecular weight is 616 g/mol. The second kappa shape index (κ2) is 11.4. The highest BCUT2D eigenvalue weighted by atomic mass is 14.2. The number of rotatable bonds is 4. The minimum Gasteiger partial charge on any atom is -0.0622 e. The van der Waals surface area contributed by atoms with Crippen LogP contribution in [0, 0.1) is 13.8 Å². The Hall–Kier alpha value is -5.98. The fourth-order valence-corrected chi connectivity index (χ4v) is 7.60. The van der Waals surface area contributed by atoms with Gasteiger partial charge < -0.3 is 0 Å². The van der Waals surface area contributed by atoms with E-state index in [1.165, 1.54) is 44.2 Å². The van der Waals surface area contributed by atoms with E-state index in [4.69, 9.17) is 6.85 Å². The summed E-state index contributed by atoms with van der Waals surface area (Å²) in [7, 11) is 0. The molecule has 0 amide bonds. The maximum absolute atomic E-state index is 8.82. The first-order valence-corrected chi connectivity index (χ1v) is 16.4. The minimum atomic E-state index is -0.395. The summed E-state index contributed by atoms with van der Waals surface area (Å²) in [5, 5.41) is 8.83. The summed E-state index contributed by atoms with van der Waals surface area (Å²) in [6, 6.07) is 47.5. The molecule has 0 heterocycles. The van der Waals surface area contributed by atoms with E-state index in [-0.39, 0.29) is 29.7 Å². The molecule has 0 fully saturated rings. The van der Waals surface area contributed by atoms with Gasteiger partial charge in [0.1, 0.15) is 0 Å². The van der Waals surface area contributed by atoms with Gasteiger partial charge in [-0.2, -0.15) is 0 Å². The molecule has 0 unspecified atom stereocenters. The Kier molecular flexibility index (Phi) is 5.53. The molecule has 226 valence electrons. The van der Waals surface area contributed by atoms with E-state index >= 15 is 0 Å². The van der Waals surface area contributed by atoms with Gasteiger partial charge in [-0.05, 0) is 125 Å². The van der Waals surface area contributed by atoms with Crippen molar-refractivity contribution in [2.75, 3.05) is 0 Å². The highest BCUT2D eigenvalue weighted by Crippen LogP contribution is 2.47. The van der Waals surface area contributed by atoms with Crippen LogP contribution in [0.4, 0.5) is 0 Å². The van der Waals surface area contributed by atoms with Crippen molar-refractivity contribution in [1.29, 1.82) is 0 Å². The van der Waals surface area contributed by atoms with E-state index in [0.29, 0.717) is 5.56 Å². The molecule has 0 aliphatic rings. The molecule has 0 radical (unpaired) electrons. The third-order valence-corrected chi connectivity index (χ3v) is 9.77. The lowest BCUT2D eigenvalue weighted by Gasteiger charge is -2.21. The Labute approximate surface area is 288 Å². The predicted molar refractivity (Wildman–Crippen MR) is 208 cm³/mol. The Bertz CT molecular complexity index is 2890. The van der Waals surface area contributed by atoms with Gasteiger partial charge >= 0.3 is 0 Å². The molecular formula is C48H34. The van der Waals surface area contributed by atoms with Crippen molar-refractivity contribution in [2.45, 2.75) is 13.8 Å². The molecule has 0 spiro atoms. The Morgan fingerprint density at radius 2 is 0.833 bits per heavy atom. The smallest absolute Gasteiger partial charge is 0.0622 e. The molecule has 0 atom stereocenters. The van der Waals surface area contributed by atoms with Gasteiger partial charge in [0, 0.05) is 0 Å². The molecule has 0 aliphatic carbocycles. The van der Waals surface area contributed by atoms with Crippen LogP contribution in [-0.4, -0.2) is 0 Å². The van der Waals surface area contributed by atoms with Gasteiger partial charge in [0.2, 0.25) is 0 Å². The molecule has 9 aromatic carbocycles. The highest BCUT2D eigenvalue weighted by Gasteiger charge is 2.20. The van der Waals surface area contributed by atoms with Crippen LogP contribution in [0.25, 0.3) is 87.6 Å². The lowest BCUT2D eigenvalue weighted by molar-refractivity contribution is 1.40. The van der Waals surface area contributed by atoms with Crippen molar-refractivity contribution in [3.63, 3.8) is 0 Å². The van der Waals surface area contributed by atoms with Crippen LogP contribution < -0.4 is 0 Å². The fourth-order valence-electron chi connectivity index (χ4n) is 7.60. The lowest BCUT2D eigenvalue weighted by atomic mass is 9.82. The normalized spacial score (nSPS) is 13.0. The lowest BCUT2D eigenvalue weighted by Crippen LogP contribution is -1.95. The standard InChI is InChI=1S/C48H34/c1-31-28-45(32(2)27-44(31)39-26-14-19-34-17-6-8-20-37(34)39)47-40-22-10-12-24-42(40)48(43-25-13-11-23-41(43)47)46-30-36(33-15-4-3-5-16-33)29-35-18-7-9-21-38(35)46/h3-30H,1-2H3/i3D,4D,5D,15D,16D. The first-order valence-electron chi connectivity index (χ1n) is 18.9. The SMILES string of the molecule is [2H]c1c([2H])c([2H])c(-c2cc(-c3c4ccccc4c(-c4cc(C)c(-c5cccc6ccccc56)cc4C)c4ccccc34)c3ccccc3c2)c([2H])c1[2H]. The number of aryl methyl sites for hydroxylation is 2. The molecule has 0 bridgehead atoms. The molecule has 0 aromatic heterocycles. The minimum absolute atomic E-state index is 0.200. The van der Waals surface area contributed by atoms with E-state index in [0.717, 1.165) is 43.4 Å². The largest absolute Gasteiger partial charge is 0.0629 e. The van der Waals surface area contributed by atoms with E-state index in [1.54, 1.807) is 0 Å². The zero-order chi connectivity index (χ0) is 36.5. The predicted octanol–water partition coefficient (Wildman–Crippen LogP) is 13.6. The van der Waals surface area contributed by atoms with Gasteiger partial charge in [0.15, 0.2) is 0 Å². The molecule has 48 heavy (non-hydrogen) atoms. The molecular weight excluding hydrogens is 577 g/mol. The molecule has 9 aromatic rings. The molecule has 0 saturated heterocycles. The molecule has 9 rings (SSSR count). The quantitative estimate of drug-likeness (QED) is 0.173. The second-order valence-corrected chi connectivity index (χ2v) is 12.6. The first kappa shape index (κ1) is 23.4. The maximum Gasteiger partial charge on any atom is 0.0629 e. The number of hydrogen-bond donors (Lipinski definition) is 0. The zero-order valence-electron chi connectivity index (χ0n) is 31.8. The topological polar surface area (TPSA) is 0 Å². The Balaban J connectivity index is 1.35.